The van der Waals surface area contributed by atoms with Crippen LogP contribution >= 0.6 is 11.8 Å². The number of halogens is 1. The molecular formula is C21H18FN5O3S. The van der Waals surface area contributed by atoms with Crippen molar-refractivity contribution in [2.24, 2.45) is 0 Å². The van der Waals surface area contributed by atoms with Crippen LogP contribution in [0.5, 0.6) is 11.5 Å². The molecule has 1 N–H and O–H groups in total. The molecule has 31 heavy (non-hydrogen) atoms. The number of carbonyl (C=O) groups is 1. The van der Waals surface area contributed by atoms with Gasteiger partial charge in [0, 0.05) is 6.07 Å². The molecule has 0 aliphatic carbocycles. The summed E-state index contributed by atoms with van der Waals surface area (Å²) in [7, 11) is 3.08. The Morgan fingerprint density at radius 2 is 1.94 bits per heavy atom. The topological polar surface area (TPSA) is 91.2 Å². The molecule has 0 unspecified atom stereocenters. The molecule has 0 radical (unpaired) electrons. The van der Waals surface area contributed by atoms with E-state index in [-0.39, 0.29) is 17.5 Å². The maximum Gasteiger partial charge on any atom is 0.234 e. The van der Waals surface area contributed by atoms with Gasteiger partial charge in [-0.15, -0.1) is 0 Å². The molecule has 0 spiro atoms. The van der Waals surface area contributed by atoms with Crippen LogP contribution < -0.4 is 14.8 Å². The van der Waals surface area contributed by atoms with E-state index in [1.807, 2.05) is 0 Å². The zero-order chi connectivity index (χ0) is 21.8. The number of hydrogen-bond donors (Lipinski definition) is 1. The van der Waals surface area contributed by atoms with E-state index in [9.17, 15) is 9.18 Å². The standard InChI is InChI=1S/C21H18FN5O3S/c1-29-15-7-8-18(30-2)17(9-15)26-19(28)11-31-21-16-10-25-27(20(16)23-12-24-21)14-5-3-13(22)4-6-14/h3-10,12H,11H2,1-2H3,(H,26,28). The number of anilines is 1. The normalized spacial score (nSPS) is 10.8. The van der Waals surface area contributed by atoms with E-state index in [1.165, 1.54) is 37.3 Å². The van der Waals surface area contributed by atoms with Crippen molar-refractivity contribution in [1.82, 2.24) is 19.7 Å². The van der Waals surface area contributed by atoms with Gasteiger partial charge in [0.2, 0.25) is 5.91 Å². The Kier molecular flexibility index (Phi) is 5.99. The van der Waals surface area contributed by atoms with Crippen molar-refractivity contribution in [3.8, 4) is 17.2 Å². The van der Waals surface area contributed by atoms with E-state index in [0.717, 1.165) is 0 Å². The lowest BCUT2D eigenvalue weighted by atomic mass is 10.2. The van der Waals surface area contributed by atoms with E-state index < -0.39 is 0 Å². The molecule has 8 nitrogen and oxygen atoms in total. The predicted molar refractivity (Wildman–Crippen MR) is 116 cm³/mol. The lowest BCUT2D eigenvalue weighted by Crippen LogP contribution is -2.15. The minimum atomic E-state index is -0.329. The number of nitrogens with zero attached hydrogens (tertiary/aromatic N) is 4. The number of amides is 1. The smallest absolute Gasteiger partial charge is 0.234 e. The third-order valence-corrected chi connectivity index (χ3v) is 5.43. The third kappa shape index (κ3) is 4.43. The number of methoxy groups -OCH3 is 2. The second kappa shape index (κ2) is 9.00. The molecule has 0 aliphatic rings. The van der Waals surface area contributed by atoms with Gasteiger partial charge in [0.25, 0.3) is 0 Å². The molecule has 0 bridgehead atoms. The number of benzene rings is 2. The SMILES string of the molecule is COc1ccc(OC)c(NC(=O)CSc2ncnc3c2cnn3-c2ccc(F)cc2)c1. The first-order chi connectivity index (χ1) is 15.1. The van der Waals surface area contributed by atoms with Crippen LogP contribution in [0.15, 0.2) is 60.0 Å². The maximum atomic E-state index is 13.2. The maximum absolute atomic E-state index is 13.2. The number of fused-ring (bicyclic) bond motifs is 1. The summed E-state index contributed by atoms with van der Waals surface area (Å²) in [5.74, 6) is 0.700. The summed E-state index contributed by atoms with van der Waals surface area (Å²) in [6.45, 7) is 0. The Bertz CT molecular complexity index is 1230. The largest absolute Gasteiger partial charge is 0.497 e. The zero-order valence-electron chi connectivity index (χ0n) is 16.7. The summed E-state index contributed by atoms with van der Waals surface area (Å²) >= 11 is 1.26. The van der Waals surface area contributed by atoms with Crippen LogP contribution in [0.4, 0.5) is 10.1 Å². The molecule has 4 aromatic rings. The number of nitrogens with one attached hydrogen (secondary N) is 1. The van der Waals surface area contributed by atoms with E-state index in [0.29, 0.717) is 38.9 Å². The van der Waals surface area contributed by atoms with E-state index >= 15 is 0 Å². The van der Waals surface area contributed by atoms with E-state index in [4.69, 9.17) is 9.47 Å². The van der Waals surface area contributed by atoms with Gasteiger partial charge >= 0.3 is 0 Å². The van der Waals surface area contributed by atoms with Crippen molar-refractivity contribution in [3.05, 3.63) is 60.8 Å². The van der Waals surface area contributed by atoms with Gasteiger partial charge in [-0.1, -0.05) is 11.8 Å². The number of thioether (sulfide) groups is 1. The Hall–Kier alpha value is -3.66. The fourth-order valence-electron chi connectivity index (χ4n) is 2.94. The van der Waals surface area contributed by atoms with Crippen LogP contribution in [0.25, 0.3) is 16.7 Å². The summed E-state index contributed by atoms with van der Waals surface area (Å²) in [4.78, 5) is 21.1. The molecule has 10 heteroatoms. The molecule has 1 amide bonds. The van der Waals surface area contributed by atoms with Crippen LogP contribution in [0.2, 0.25) is 0 Å². The molecule has 4 rings (SSSR count). The van der Waals surface area contributed by atoms with Crippen molar-refractivity contribution in [3.63, 3.8) is 0 Å². The summed E-state index contributed by atoms with van der Waals surface area (Å²) < 4.78 is 25.3. The van der Waals surface area contributed by atoms with E-state index in [1.54, 1.807) is 48.3 Å². The number of aromatic nitrogens is 4. The number of carbonyl (C=O) groups excluding carboxylic acids is 1. The van der Waals surface area contributed by atoms with Crippen LogP contribution in [0.3, 0.4) is 0 Å². The molecular weight excluding hydrogens is 421 g/mol. The summed E-state index contributed by atoms with van der Waals surface area (Å²) in [6, 6.07) is 11.1. The molecule has 2 aromatic carbocycles. The zero-order valence-corrected chi connectivity index (χ0v) is 17.5. The highest BCUT2D eigenvalue weighted by Crippen LogP contribution is 2.30. The average molecular weight is 439 g/mol. The van der Waals surface area contributed by atoms with Crippen LogP contribution in [-0.4, -0.2) is 45.6 Å². The van der Waals surface area contributed by atoms with Crippen LogP contribution in [0.1, 0.15) is 0 Å². The van der Waals surface area contributed by atoms with Gasteiger partial charge in [-0.2, -0.15) is 5.10 Å². The van der Waals surface area contributed by atoms with Crippen molar-refractivity contribution in [1.29, 1.82) is 0 Å². The van der Waals surface area contributed by atoms with Gasteiger partial charge < -0.3 is 14.8 Å². The Morgan fingerprint density at radius 3 is 2.68 bits per heavy atom. The minimum absolute atomic E-state index is 0.119. The predicted octanol–water partition coefficient (Wildman–Crippen LogP) is 3.70. The van der Waals surface area contributed by atoms with Gasteiger partial charge in [-0.25, -0.2) is 19.0 Å². The quantitative estimate of drug-likeness (QED) is 0.347. The van der Waals surface area contributed by atoms with Crippen molar-refractivity contribution in [2.45, 2.75) is 5.03 Å². The van der Waals surface area contributed by atoms with Crippen molar-refractivity contribution < 1.29 is 18.7 Å². The molecule has 158 valence electrons. The van der Waals surface area contributed by atoms with Gasteiger partial charge in [0.1, 0.15) is 28.7 Å². The highest BCUT2D eigenvalue weighted by Gasteiger charge is 2.14. The molecule has 0 atom stereocenters. The fourth-order valence-corrected chi connectivity index (χ4v) is 3.70. The summed E-state index contributed by atoms with van der Waals surface area (Å²) in [5.41, 5.74) is 1.76. The second-order valence-corrected chi connectivity index (χ2v) is 7.32. The lowest BCUT2D eigenvalue weighted by molar-refractivity contribution is -0.113. The Labute approximate surface area is 181 Å². The van der Waals surface area contributed by atoms with Gasteiger partial charge in [-0.05, 0) is 36.4 Å². The Morgan fingerprint density at radius 1 is 1.13 bits per heavy atom. The van der Waals surface area contributed by atoms with Gasteiger partial charge in [0.05, 0.1) is 42.9 Å². The van der Waals surface area contributed by atoms with Gasteiger partial charge in [0.15, 0.2) is 5.65 Å². The third-order valence-electron chi connectivity index (χ3n) is 4.42. The number of ether oxygens (including phenoxy) is 2. The molecule has 0 aliphatic heterocycles. The Balaban J connectivity index is 1.51. The molecule has 2 heterocycles. The molecule has 0 saturated heterocycles. The first-order valence-corrected chi connectivity index (χ1v) is 10.2. The first kappa shape index (κ1) is 20.6. The number of rotatable bonds is 7. The minimum Gasteiger partial charge on any atom is -0.497 e. The summed E-state index contributed by atoms with van der Waals surface area (Å²) in [5, 5.41) is 8.48. The fraction of sp³-hybridized carbons (Fsp3) is 0.143. The van der Waals surface area contributed by atoms with Crippen molar-refractivity contribution >= 4 is 34.4 Å². The average Bonchev–Trinajstić information content (AvgIpc) is 3.23. The summed E-state index contributed by atoms with van der Waals surface area (Å²) in [6.07, 6.45) is 3.04. The second-order valence-electron chi connectivity index (χ2n) is 6.35. The molecule has 0 fully saturated rings. The van der Waals surface area contributed by atoms with Crippen molar-refractivity contribution in [2.75, 3.05) is 25.3 Å². The highest BCUT2D eigenvalue weighted by atomic mass is 32.2. The highest BCUT2D eigenvalue weighted by molar-refractivity contribution is 8.00. The van der Waals surface area contributed by atoms with Crippen LogP contribution in [-0.2, 0) is 4.79 Å². The lowest BCUT2D eigenvalue weighted by Gasteiger charge is -2.11. The number of hydrogen-bond acceptors (Lipinski definition) is 7. The molecule has 0 saturated carbocycles. The van der Waals surface area contributed by atoms with E-state index in [2.05, 4.69) is 20.4 Å². The monoisotopic (exact) mass is 439 g/mol. The van der Waals surface area contributed by atoms with Crippen LogP contribution in [0, 0.1) is 5.82 Å². The van der Waals surface area contributed by atoms with Gasteiger partial charge in [-0.3, -0.25) is 4.79 Å². The first-order valence-electron chi connectivity index (χ1n) is 9.18. The molecule has 2 aromatic heterocycles.